The fourth-order valence-electron chi connectivity index (χ4n) is 2.26. The molecule has 21 heavy (non-hydrogen) atoms. The highest BCUT2D eigenvalue weighted by Crippen LogP contribution is 2.33. The van der Waals surface area contributed by atoms with Gasteiger partial charge in [-0.15, -0.1) is 0 Å². The third kappa shape index (κ3) is 3.47. The number of carbonyl (C=O) groups excluding carboxylic acids is 1. The molecule has 0 fully saturated rings. The van der Waals surface area contributed by atoms with E-state index < -0.39 is 11.7 Å². The summed E-state index contributed by atoms with van der Waals surface area (Å²) < 4.78 is 11.4. The minimum atomic E-state index is -0.869. The van der Waals surface area contributed by atoms with E-state index in [1.54, 1.807) is 13.0 Å². The Balaban J connectivity index is 2.00. The van der Waals surface area contributed by atoms with Crippen LogP contribution in [0.1, 0.15) is 33.6 Å². The van der Waals surface area contributed by atoms with Gasteiger partial charge in [0.1, 0.15) is 6.10 Å². The maximum absolute atomic E-state index is 12.3. The summed E-state index contributed by atoms with van der Waals surface area (Å²) in [5, 5.41) is 13.0. The monoisotopic (exact) mass is 293 g/mol. The van der Waals surface area contributed by atoms with Crippen molar-refractivity contribution in [3.8, 4) is 11.5 Å². The van der Waals surface area contributed by atoms with Crippen LogP contribution >= 0.6 is 0 Å². The van der Waals surface area contributed by atoms with Gasteiger partial charge < -0.3 is 19.9 Å². The molecule has 5 nitrogen and oxygen atoms in total. The topological polar surface area (TPSA) is 67.8 Å². The standard InChI is InChI=1S/C16H23NO4/c1-4-16(19,5-2)10-17-15(18)14-11(3)20-12-8-6-7-9-13(12)21-14/h6-9,11,14,19H,4-5,10H2,1-3H3,(H,17,18). The van der Waals surface area contributed by atoms with E-state index >= 15 is 0 Å². The average Bonchev–Trinajstić information content (AvgIpc) is 2.51. The van der Waals surface area contributed by atoms with Crippen LogP contribution in [0.5, 0.6) is 11.5 Å². The molecule has 0 spiro atoms. The summed E-state index contributed by atoms with van der Waals surface area (Å²) in [5.41, 5.74) is -0.869. The van der Waals surface area contributed by atoms with Gasteiger partial charge in [0.15, 0.2) is 11.5 Å². The number of rotatable bonds is 5. The van der Waals surface area contributed by atoms with Gasteiger partial charge in [-0.2, -0.15) is 0 Å². The molecule has 1 amide bonds. The minimum Gasteiger partial charge on any atom is -0.482 e. The Labute approximate surface area is 125 Å². The number of carbonyl (C=O) groups is 1. The van der Waals surface area contributed by atoms with Gasteiger partial charge in [0.05, 0.1) is 5.60 Å². The first-order valence-electron chi connectivity index (χ1n) is 7.41. The van der Waals surface area contributed by atoms with Gasteiger partial charge in [-0.25, -0.2) is 0 Å². The van der Waals surface area contributed by atoms with E-state index in [9.17, 15) is 9.90 Å². The molecule has 1 aromatic carbocycles. The number of hydrogen-bond acceptors (Lipinski definition) is 4. The highest BCUT2D eigenvalue weighted by atomic mass is 16.6. The summed E-state index contributed by atoms with van der Waals surface area (Å²) in [6, 6.07) is 7.28. The number of hydrogen-bond donors (Lipinski definition) is 2. The van der Waals surface area contributed by atoms with Crippen LogP contribution in [0.4, 0.5) is 0 Å². The summed E-state index contributed by atoms with van der Waals surface area (Å²) in [7, 11) is 0. The highest BCUT2D eigenvalue weighted by Gasteiger charge is 2.35. The van der Waals surface area contributed by atoms with Crippen LogP contribution in [0.15, 0.2) is 24.3 Å². The Morgan fingerprint density at radius 3 is 2.38 bits per heavy atom. The number of aliphatic hydroxyl groups is 1. The second-order valence-corrected chi connectivity index (χ2v) is 5.46. The van der Waals surface area contributed by atoms with Crippen LogP contribution in [0, 0.1) is 0 Å². The minimum absolute atomic E-state index is 0.215. The van der Waals surface area contributed by atoms with Crippen molar-refractivity contribution in [3.63, 3.8) is 0 Å². The molecular weight excluding hydrogens is 270 g/mol. The molecule has 0 radical (unpaired) electrons. The average molecular weight is 293 g/mol. The van der Waals surface area contributed by atoms with Crippen LogP contribution in [0.3, 0.4) is 0 Å². The van der Waals surface area contributed by atoms with Gasteiger partial charge in [0.25, 0.3) is 5.91 Å². The highest BCUT2D eigenvalue weighted by molar-refractivity contribution is 5.82. The smallest absolute Gasteiger partial charge is 0.265 e. The van der Waals surface area contributed by atoms with Crippen molar-refractivity contribution >= 4 is 5.91 Å². The zero-order valence-electron chi connectivity index (χ0n) is 12.8. The first-order chi connectivity index (χ1) is 9.99. The van der Waals surface area contributed by atoms with Crippen molar-refractivity contribution < 1.29 is 19.4 Å². The molecule has 1 aliphatic heterocycles. The lowest BCUT2D eigenvalue weighted by molar-refractivity contribution is -0.134. The zero-order valence-corrected chi connectivity index (χ0v) is 12.8. The molecule has 1 aliphatic rings. The van der Waals surface area contributed by atoms with Crippen molar-refractivity contribution in [2.24, 2.45) is 0 Å². The Morgan fingerprint density at radius 2 is 1.81 bits per heavy atom. The first-order valence-corrected chi connectivity index (χ1v) is 7.41. The normalized spacial score (nSPS) is 21.0. The lowest BCUT2D eigenvalue weighted by Crippen LogP contribution is -2.52. The predicted molar refractivity (Wildman–Crippen MR) is 79.5 cm³/mol. The molecule has 2 unspecified atom stereocenters. The molecular formula is C16H23NO4. The number of nitrogens with one attached hydrogen (secondary N) is 1. The molecule has 0 saturated heterocycles. The number of amides is 1. The molecule has 1 heterocycles. The van der Waals surface area contributed by atoms with Crippen LogP contribution in [0.2, 0.25) is 0 Å². The summed E-state index contributed by atoms with van der Waals surface area (Å²) in [5.74, 6) is 0.946. The quantitative estimate of drug-likeness (QED) is 0.870. The fraction of sp³-hybridized carbons (Fsp3) is 0.562. The van der Waals surface area contributed by atoms with E-state index in [-0.39, 0.29) is 18.6 Å². The first kappa shape index (κ1) is 15.6. The third-order valence-corrected chi connectivity index (χ3v) is 4.01. The molecule has 0 aromatic heterocycles. The Kier molecular flexibility index (Phi) is 4.73. The lowest BCUT2D eigenvalue weighted by Gasteiger charge is -2.32. The Hall–Kier alpha value is -1.75. The molecule has 0 saturated carbocycles. The number of ether oxygens (including phenoxy) is 2. The van der Waals surface area contributed by atoms with Gasteiger partial charge in [-0.1, -0.05) is 26.0 Å². The molecule has 2 N–H and O–H groups in total. The van der Waals surface area contributed by atoms with Crippen molar-refractivity contribution in [2.75, 3.05) is 6.54 Å². The van der Waals surface area contributed by atoms with Crippen LogP contribution < -0.4 is 14.8 Å². The molecule has 5 heteroatoms. The molecule has 0 aliphatic carbocycles. The van der Waals surface area contributed by atoms with E-state index in [0.717, 1.165) is 0 Å². The van der Waals surface area contributed by atoms with Gasteiger partial charge in [0, 0.05) is 6.54 Å². The van der Waals surface area contributed by atoms with E-state index in [4.69, 9.17) is 9.47 Å². The number of benzene rings is 1. The van der Waals surface area contributed by atoms with Gasteiger partial charge in [0.2, 0.25) is 6.10 Å². The zero-order chi connectivity index (χ0) is 15.5. The van der Waals surface area contributed by atoms with Crippen molar-refractivity contribution in [2.45, 2.75) is 51.4 Å². The van der Waals surface area contributed by atoms with Crippen LogP contribution in [0.25, 0.3) is 0 Å². The molecule has 0 bridgehead atoms. The van der Waals surface area contributed by atoms with E-state index in [1.807, 2.05) is 32.0 Å². The fourth-order valence-corrected chi connectivity index (χ4v) is 2.26. The maximum Gasteiger partial charge on any atom is 0.265 e. The molecule has 116 valence electrons. The summed E-state index contributed by atoms with van der Waals surface area (Å²) in [6.45, 7) is 5.81. The van der Waals surface area contributed by atoms with Crippen LogP contribution in [-0.4, -0.2) is 35.4 Å². The third-order valence-electron chi connectivity index (χ3n) is 4.01. The predicted octanol–water partition coefficient (Wildman–Crippen LogP) is 1.88. The van der Waals surface area contributed by atoms with Crippen LogP contribution in [-0.2, 0) is 4.79 Å². The lowest BCUT2D eigenvalue weighted by atomic mass is 9.97. The van der Waals surface area contributed by atoms with E-state index in [2.05, 4.69) is 5.32 Å². The van der Waals surface area contributed by atoms with E-state index in [1.165, 1.54) is 0 Å². The SMILES string of the molecule is CCC(O)(CC)CNC(=O)C1Oc2ccccc2OC1C. The number of para-hydroxylation sites is 2. The largest absolute Gasteiger partial charge is 0.482 e. The van der Waals surface area contributed by atoms with Gasteiger partial charge in [-0.05, 0) is 31.9 Å². The second kappa shape index (κ2) is 6.35. The van der Waals surface area contributed by atoms with Crippen molar-refractivity contribution in [1.29, 1.82) is 0 Å². The van der Waals surface area contributed by atoms with E-state index in [0.29, 0.717) is 24.3 Å². The Bertz CT molecular complexity index is 499. The molecule has 2 rings (SSSR count). The van der Waals surface area contributed by atoms with Crippen molar-refractivity contribution in [3.05, 3.63) is 24.3 Å². The maximum atomic E-state index is 12.3. The second-order valence-electron chi connectivity index (χ2n) is 5.46. The number of fused-ring (bicyclic) bond motifs is 1. The Morgan fingerprint density at radius 1 is 1.24 bits per heavy atom. The summed E-state index contributed by atoms with van der Waals surface area (Å²) in [4.78, 5) is 12.3. The van der Waals surface area contributed by atoms with Crippen molar-refractivity contribution in [1.82, 2.24) is 5.32 Å². The van der Waals surface area contributed by atoms with Gasteiger partial charge >= 0.3 is 0 Å². The summed E-state index contributed by atoms with van der Waals surface area (Å²) >= 11 is 0. The molecule has 1 aromatic rings. The summed E-state index contributed by atoms with van der Waals surface area (Å²) in [6.07, 6.45) is 0.0862. The van der Waals surface area contributed by atoms with Gasteiger partial charge in [-0.3, -0.25) is 4.79 Å². The molecule has 2 atom stereocenters.